The Bertz CT molecular complexity index is 731. The first kappa shape index (κ1) is 19.2. The number of hydrogen-bond acceptors (Lipinski definition) is 4. The average molecular weight is 391 g/mol. The third-order valence-electron chi connectivity index (χ3n) is 4.44. The highest BCUT2D eigenvalue weighted by Gasteiger charge is 2.20. The van der Waals surface area contributed by atoms with E-state index in [-0.39, 0.29) is 5.91 Å². The smallest absolute Gasteiger partial charge is 0.238 e. The maximum Gasteiger partial charge on any atom is 0.238 e. The molecule has 2 aromatic rings. The molecule has 0 saturated carbocycles. The average Bonchev–Trinajstić information content (AvgIpc) is 2.66. The first-order chi connectivity index (χ1) is 12.6. The van der Waals surface area contributed by atoms with Gasteiger partial charge in [0, 0.05) is 35.0 Å². The number of piperidine rings is 1. The molecule has 1 amide bonds. The van der Waals surface area contributed by atoms with E-state index >= 15 is 0 Å². The quantitative estimate of drug-likeness (QED) is 0.786. The highest BCUT2D eigenvalue weighted by atomic mass is 35.5. The van der Waals surface area contributed by atoms with E-state index in [4.69, 9.17) is 16.3 Å². The molecule has 1 saturated heterocycles. The molecule has 1 heterocycles. The van der Waals surface area contributed by atoms with Crippen molar-refractivity contribution < 1.29 is 9.53 Å². The lowest BCUT2D eigenvalue weighted by molar-refractivity contribution is -0.117. The zero-order valence-corrected chi connectivity index (χ0v) is 16.4. The van der Waals surface area contributed by atoms with Crippen LogP contribution in [0.5, 0.6) is 0 Å². The normalized spacial score (nSPS) is 15.8. The van der Waals surface area contributed by atoms with Crippen LogP contribution in [0.2, 0.25) is 5.02 Å². The molecular weight excluding hydrogens is 368 g/mol. The van der Waals surface area contributed by atoms with Crippen LogP contribution in [0.4, 0.5) is 5.69 Å². The van der Waals surface area contributed by atoms with Crippen LogP contribution in [-0.4, -0.2) is 43.7 Å². The zero-order chi connectivity index (χ0) is 18.4. The maximum absolute atomic E-state index is 12.5. The number of ether oxygens (including phenoxy) is 1. The van der Waals surface area contributed by atoms with E-state index in [1.54, 1.807) is 18.9 Å². The number of benzene rings is 2. The van der Waals surface area contributed by atoms with Crippen LogP contribution in [-0.2, 0) is 9.53 Å². The second-order valence-corrected chi connectivity index (χ2v) is 7.86. The fourth-order valence-corrected chi connectivity index (χ4v) is 4.01. The van der Waals surface area contributed by atoms with Gasteiger partial charge >= 0.3 is 0 Å². The van der Waals surface area contributed by atoms with Gasteiger partial charge in [-0.25, -0.2) is 0 Å². The number of amides is 1. The number of anilines is 1. The van der Waals surface area contributed by atoms with Crippen LogP contribution in [0.1, 0.15) is 12.8 Å². The van der Waals surface area contributed by atoms with Crippen molar-refractivity contribution in [2.45, 2.75) is 28.7 Å². The van der Waals surface area contributed by atoms with Crippen molar-refractivity contribution in [3.63, 3.8) is 0 Å². The predicted molar refractivity (Wildman–Crippen MR) is 107 cm³/mol. The summed E-state index contributed by atoms with van der Waals surface area (Å²) in [5, 5.41) is 3.77. The molecule has 6 heteroatoms. The van der Waals surface area contributed by atoms with Crippen molar-refractivity contribution >= 4 is 35.0 Å². The van der Waals surface area contributed by atoms with E-state index in [1.807, 2.05) is 48.5 Å². The number of carbonyl (C=O) groups excluding carboxylic acids is 1. The summed E-state index contributed by atoms with van der Waals surface area (Å²) in [6, 6.07) is 15.6. The predicted octanol–water partition coefficient (Wildman–Crippen LogP) is 4.54. The van der Waals surface area contributed by atoms with Crippen LogP contribution >= 0.6 is 23.4 Å². The van der Waals surface area contributed by atoms with Crippen LogP contribution in [0.3, 0.4) is 0 Å². The molecule has 1 N–H and O–H groups in total. The minimum atomic E-state index is 0.0185. The fraction of sp³-hybridized carbons (Fsp3) is 0.350. The van der Waals surface area contributed by atoms with Crippen LogP contribution in [0.25, 0.3) is 0 Å². The molecule has 26 heavy (non-hydrogen) atoms. The lowest BCUT2D eigenvalue weighted by atomic mass is 10.1. The molecule has 0 aromatic heterocycles. The number of likely N-dealkylation sites (tertiary alicyclic amines) is 1. The van der Waals surface area contributed by atoms with Gasteiger partial charge in [-0.05, 0) is 49.2 Å². The van der Waals surface area contributed by atoms with Crippen LogP contribution in [0, 0.1) is 0 Å². The van der Waals surface area contributed by atoms with E-state index < -0.39 is 0 Å². The van der Waals surface area contributed by atoms with Gasteiger partial charge in [0.15, 0.2) is 0 Å². The van der Waals surface area contributed by atoms with Crippen molar-refractivity contribution in [1.29, 1.82) is 0 Å². The van der Waals surface area contributed by atoms with Crippen LogP contribution < -0.4 is 5.32 Å². The second-order valence-electron chi connectivity index (χ2n) is 6.31. The van der Waals surface area contributed by atoms with Gasteiger partial charge in [0.2, 0.25) is 5.91 Å². The van der Waals surface area contributed by atoms with Crippen molar-refractivity contribution in [3.8, 4) is 0 Å². The molecule has 1 aliphatic heterocycles. The summed E-state index contributed by atoms with van der Waals surface area (Å²) in [6.07, 6.45) is 2.28. The number of halogens is 1. The summed E-state index contributed by atoms with van der Waals surface area (Å²) in [6.45, 7) is 2.20. The number of carbonyl (C=O) groups is 1. The molecule has 0 unspecified atom stereocenters. The topological polar surface area (TPSA) is 41.6 Å². The SMILES string of the molecule is COC1CCN(CC(=O)Nc2ccccc2Sc2ccc(Cl)cc2)CC1. The van der Waals surface area contributed by atoms with Gasteiger partial charge < -0.3 is 10.1 Å². The molecule has 4 nitrogen and oxygen atoms in total. The van der Waals surface area contributed by atoms with E-state index in [0.717, 1.165) is 41.4 Å². The number of hydrogen-bond donors (Lipinski definition) is 1. The standard InChI is InChI=1S/C20H23ClN2O2S/c1-25-16-10-12-23(13-11-16)14-20(24)22-18-4-2-3-5-19(18)26-17-8-6-15(21)7-9-17/h2-9,16H,10-14H2,1H3,(H,22,24). The summed E-state index contributed by atoms with van der Waals surface area (Å²) in [5.41, 5.74) is 0.837. The van der Waals surface area contributed by atoms with Gasteiger partial charge in [0.1, 0.15) is 0 Å². The summed E-state index contributed by atoms with van der Waals surface area (Å²) < 4.78 is 5.38. The van der Waals surface area contributed by atoms with E-state index in [2.05, 4.69) is 10.2 Å². The highest BCUT2D eigenvalue weighted by molar-refractivity contribution is 7.99. The minimum Gasteiger partial charge on any atom is -0.381 e. The van der Waals surface area contributed by atoms with Gasteiger partial charge in [-0.2, -0.15) is 0 Å². The number of nitrogens with one attached hydrogen (secondary N) is 1. The Balaban J connectivity index is 1.59. The largest absolute Gasteiger partial charge is 0.381 e. The second kappa shape index (κ2) is 9.42. The minimum absolute atomic E-state index is 0.0185. The third-order valence-corrected chi connectivity index (χ3v) is 5.77. The van der Waals surface area contributed by atoms with Gasteiger partial charge in [-0.3, -0.25) is 9.69 Å². The van der Waals surface area contributed by atoms with Crippen LogP contribution in [0.15, 0.2) is 58.3 Å². The van der Waals surface area contributed by atoms with Crippen molar-refractivity contribution in [1.82, 2.24) is 4.90 Å². The molecule has 0 spiro atoms. The molecule has 0 radical (unpaired) electrons. The third kappa shape index (κ3) is 5.48. The molecule has 1 aliphatic rings. The molecule has 138 valence electrons. The molecule has 2 aromatic carbocycles. The Morgan fingerprint density at radius 1 is 1.19 bits per heavy atom. The van der Waals surface area contributed by atoms with Gasteiger partial charge in [0.05, 0.1) is 18.3 Å². The van der Waals surface area contributed by atoms with Crippen molar-refractivity contribution in [2.75, 3.05) is 32.1 Å². The summed E-state index contributed by atoms with van der Waals surface area (Å²) >= 11 is 7.56. The molecule has 3 rings (SSSR count). The fourth-order valence-electron chi connectivity index (χ4n) is 2.98. The number of nitrogens with zero attached hydrogens (tertiary/aromatic N) is 1. The number of para-hydroxylation sites is 1. The lowest BCUT2D eigenvalue weighted by Gasteiger charge is -2.30. The van der Waals surface area contributed by atoms with E-state index in [0.29, 0.717) is 17.7 Å². The maximum atomic E-state index is 12.5. The Hall–Kier alpha value is -1.53. The first-order valence-electron chi connectivity index (χ1n) is 8.71. The monoisotopic (exact) mass is 390 g/mol. The Kier molecular flexibility index (Phi) is 6.97. The Labute approximate surface area is 163 Å². The summed E-state index contributed by atoms with van der Waals surface area (Å²) in [4.78, 5) is 16.7. The molecule has 0 bridgehead atoms. The van der Waals surface area contributed by atoms with Crippen molar-refractivity contribution in [3.05, 3.63) is 53.6 Å². The van der Waals surface area contributed by atoms with E-state index in [9.17, 15) is 4.79 Å². The van der Waals surface area contributed by atoms with Gasteiger partial charge in [-0.1, -0.05) is 35.5 Å². The number of rotatable bonds is 6. The molecule has 1 fully saturated rings. The number of methoxy groups -OCH3 is 1. The lowest BCUT2D eigenvalue weighted by Crippen LogP contribution is -2.41. The van der Waals surface area contributed by atoms with E-state index in [1.165, 1.54) is 0 Å². The summed E-state index contributed by atoms with van der Waals surface area (Å²) in [7, 11) is 1.75. The molecule has 0 aliphatic carbocycles. The first-order valence-corrected chi connectivity index (χ1v) is 9.91. The highest BCUT2D eigenvalue weighted by Crippen LogP contribution is 2.33. The summed E-state index contributed by atoms with van der Waals surface area (Å²) in [5.74, 6) is 0.0185. The van der Waals surface area contributed by atoms with Crippen molar-refractivity contribution in [2.24, 2.45) is 0 Å². The van der Waals surface area contributed by atoms with Gasteiger partial charge in [-0.15, -0.1) is 0 Å². The molecular formula is C20H23ClN2O2S. The van der Waals surface area contributed by atoms with Gasteiger partial charge in [0.25, 0.3) is 0 Å². The molecule has 0 atom stereocenters. The zero-order valence-electron chi connectivity index (χ0n) is 14.8. The Morgan fingerprint density at radius 3 is 2.58 bits per heavy atom. The Morgan fingerprint density at radius 2 is 1.88 bits per heavy atom.